The number of rotatable bonds is 5. The van der Waals surface area contributed by atoms with Gasteiger partial charge in [-0.3, -0.25) is 0 Å². The van der Waals surface area contributed by atoms with E-state index in [2.05, 4.69) is 13.3 Å². The molecule has 0 bridgehead atoms. The molecule has 0 heterocycles. The van der Waals surface area contributed by atoms with Gasteiger partial charge in [0.2, 0.25) is 0 Å². The maximum atomic E-state index is 2.51. The molecule has 0 aromatic rings. The Labute approximate surface area is 109 Å². The van der Waals surface area contributed by atoms with Crippen molar-refractivity contribution in [2.45, 2.75) is 84.0 Å². The molecule has 2 saturated carbocycles. The molecule has 2 fully saturated rings. The summed E-state index contributed by atoms with van der Waals surface area (Å²) in [6, 6.07) is 0. The van der Waals surface area contributed by atoms with Crippen LogP contribution in [0.25, 0.3) is 0 Å². The van der Waals surface area contributed by atoms with Gasteiger partial charge in [-0.1, -0.05) is 45.4 Å². The van der Waals surface area contributed by atoms with Crippen molar-refractivity contribution < 1.29 is 0 Å². The third-order valence-electron chi connectivity index (χ3n) is 5.26. The van der Waals surface area contributed by atoms with Gasteiger partial charge in [0.1, 0.15) is 0 Å². The van der Waals surface area contributed by atoms with Crippen molar-refractivity contribution in [1.29, 1.82) is 0 Å². The lowest BCUT2D eigenvalue weighted by Crippen LogP contribution is -2.23. The second kappa shape index (κ2) is 7.44. The van der Waals surface area contributed by atoms with Crippen molar-refractivity contribution >= 4 is 0 Å². The van der Waals surface area contributed by atoms with Crippen LogP contribution < -0.4 is 0 Å². The minimum absolute atomic E-state index is 1.09. The molecule has 0 unspecified atom stereocenters. The summed E-state index contributed by atoms with van der Waals surface area (Å²) in [7, 11) is 0. The number of unbranched alkanes of at least 4 members (excludes halogenated alkanes) is 2. The second-order valence-electron chi connectivity index (χ2n) is 6.48. The quantitative estimate of drug-likeness (QED) is 0.531. The van der Waals surface area contributed by atoms with Crippen LogP contribution in [0, 0.1) is 24.2 Å². The first-order valence-electron chi connectivity index (χ1n) is 8.21. The highest BCUT2D eigenvalue weighted by Gasteiger charge is 2.28. The molecule has 0 amide bonds. The maximum absolute atomic E-state index is 2.51. The molecule has 0 N–H and O–H groups in total. The number of hydrogen-bond donors (Lipinski definition) is 0. The van der Waals surface area contributed by atoms with Crippen molar-refractivity contribution in [2.24, 2.45) is 17.8 Å². The topological polar surface area (TPSA) is 0 Å². The van der Waals surface area contributed by atoms with Crippen molar-refractivity contribution in [3.8, 4) is 0 Å². The molecule has 0 aromatic carbocycles. The van der Waals surface area contributed by atoms with E-state index in [9.17, 15) is 0 Å². The van der Waals surface area contributed by atoms with E-state index in [1.165, 1.54) is 51.4 Å². The van der Waals surface area contributed by atoms with Crippen LogP contribution in [0.5, 0.6) is 0 Å². The van der Waals surface area contributed by atoms with Crippen LogP contribution in [-0.2, 0) is 0 Å². The van der Waals surface area contributed by atoms with Crippen LogP contribution >= 0.6 is 0 Å². The second-order valence-corrected chi connectivity index (χ2v) is 6.48. The predicted octanol–water partition coefficient (Wildman–Crippen LogP) is 5.77. The van der Waals surface area contributed by atoms with Gasteiger partial charge < -0.3 is 0 Å². The van der Waals surface area contributed by atoms with E-state index >= 15 is 0 Å². The highest BCUT2D eigenvalue weighted by Crippen LogP contribution is 2.40. The van der Waals surface area contributed by atoms with Crippen LogP contribution in [0.15, 0.2) is 0 Å². The van der Waals surface area contributed by atoms with Gasteiger partial charge in [0.15, 0.2) is 0 Å². The predicted molar refractivity (Wildman–Crippen MR) is 75.8 cm³/mol. The van der Waals surface area contributed by atoms with Crippen molar-refractivity contribution in [3.63, 3.8) is 0 Å². The minimum atomic E-state index is 1.09. The van der Waals surface area contributed by atoms with Crippen LogP contribution in [0.4, 0.5) is 0 Å². The summed E-state index contributed by atoms with van der Waals surface area (Å²) in [6.07, 6.45) is 20.4. The van der Waals surface area contributed by atoms with Crippen LogP contribution in [0.2, 0.25) is 0 Å². The summed E-state index contributed by atoms with van der Waals surface area (Å²) in [6.45, 7) is 2.32. The summed E-state index contributed by atoms with van der Waals surface area (Å²) in [5, 5.41) is 0. The number of hydrogen-bond acceptors (Lipinski definition) is 0. The third kappa shape index (κ3) is 4.30. The highest BCUT2D eigenvalue weighted by atomic mass is 14.3. The van der Waals surface area contributed by atoms with E-state index in [0.717, 1.165) is 17.8 Å². The van der Waals surface area contributed by atoms with Gasteiger partial charge in [-0.2, -0.15) is 0 Å². The Morgan fingerprint density at radius 2 is 1.47 bits per heavy atom. The smallest absolute Gasteiger partial charge is 0.0386 e. The van der Waals surface area contributed by atoms with Gasteiger partial charge in [-0.05, 0) is 62.7 Å². The lowest BCUT2D eigenvalue weighted by molar-refractivity contribution is 0.172. The maximum Gasteiger partial charge on any atom is -0.0386 e. The fourth-order valence-corrected chi connectivity index (χ4v) is 4.06. The van der Waals surface area contributed by atoms with Crippen LogP contribution in [-0.4, -0.2) is 0 Å². The fraction of sp³-hybridized carbons (Fsp3) is 0.941. The average Bonchev–Trinajstić information content (AvgIpc) is 2.41. The summed E-state index contributed by atoms with van der Waals surface area (Å²) < 4.78 is 0. The fourth-order valence-electron chi connectivity index (χ4n) is 4.06. The molecule has 0 atom stereocenters. The molecule has 17 heavy (non-hydrogen) atoms. The van der Waals surface area contributed by atoms with E-state index in [1.807, 2.05) is 0 Å². The van der Waals surface area contributed by atoms with Gasteiger partial charge in [0, 0.05) is 0 Å². The average molecular weight is 235 g/mol. The summed E-state index contributed by atoms with van der Waals surface area (Å²) in [5.74, 6) is 3.29. The van der Waals surface area contributed by atoms with E-state index in [1.54, 1.807) is 25.7 Å². The molecular weight excluding hydrogens is 204 g/mol. The molecule has 0 saturated heterocycles. The largest absolute Gasteiger partial charge is 0.0654 e. The molecule has 1 radical (unpaired) electrons. The lowest BCUT2D eigenvalue weighted by atomic mass is 9.70. The molecule has 0 nitrogen and oxygen atoms in total. The first-order valence-corrected chi connectivity index (χ1v) is 8.21. The molecule has 2 aliphatic carbocycles. The van der Waals surface area contributed by atoms with Gasteiger partial charge in [-0.15, -0.1) is 0 Å². The summed E-state index contributed by atoms with van der Waals surface area (Å²) in [5.41, 5.74) is 0. The summed E-state index contributed by atoms with van der Waals surface area (Å²) in [4.78, 5) is 0. The zero-order valence-corrected chi connectivity index (χ0v) is 11.8. The zero-order valence-electron chi connectivity index (χ0n) is 11.8. The van der Waals surface area contributed by atoms with E-state index in [0.29, 0.717) is 0 Å². The van der Waals surface area contributed by atoms with Gasteiger partial charge in [-0.25, -0.2) is 0 Å². The van der Waals surface area contributed by atoms with E-state index < -0.39 is 0 Å². The molecule has 0 aliphatic heterocycles. The molecule has 0 heteroatoms. The van der Waals surface area contributed by atoms with Crippen molar-refractivity contribution in [3.05, 3.63) is 6.42 Å². The van der Waals surface area contributed by atoms with E-state index in [4.69, 9.17) is 0 Å². The lowest BCUT2D eigenvalue weighted by Gasteiger charge is -2.35. The molecule has 99 valence electrons. The molecule has 2 aliphatic rings. The molecular formula is C17H31. The Morgan fingerprint density at radius 3 is 2.12 bits per heavy atom. The molecule has 2 rings (SSSR count). The minimum Gasteiger partial charge on any atom is -0.0654 e. The summed E-state index contributed by atoms with van der Waals surface area (Å²) >= 11 is 0. The van der Waals surface area contributed by atoms with Crippen molar-refractivity contribution in [2.75, 3.05) is 0 Å². The van der Waals surface area contributed by atoms with Gasteiger partial charge in [0.05, 0.1) is 0 Å². The van der Waals surface area contributed by atoms with Crippen molar-refractivity contribution in [1.82, 2.24) is 0 Å². The normalized spacial score (nSPS) is 31.6. The van der Waals surface area contributed by atoms with Crippen LogP contribution in [0.3, 0.4) is 0 Å². The standard InChI is InChI=1S/C17H31/c1-2-3-5-8-15-11-13-17(14-12-15)16-9-6-4-7-10-16/h4,15-17H,2-3,5-14H2,1H3. The Morgan fingerprint density at radius 1 is 0.824 bits per heavy atom. The Bertz CT molecular complexity index is 182. The first kappa shape index (κ1) is 13.4. The molecule has 0 aromatic heterocycles. The first-order chi connectivity index (χ1) is 8.40. The van der Waals surface area contributed by atoms with Gasteiger partial charge in [0.25, 0.3) is 0 Å². The van der Waals surface area contributed by atoms with Gasteiger partial charge >= 0.3 is 0 Å². The Balaban J connectivity index is 1.63. The Hall–Kier alpha value is 0. The highest BCUT2D eigenvalue weighted by molar-refractivity contribution is 4.84. The SMILES string of the molecule is CCCCCC1CCC(C2CC[CH]CC2)CC1. The molecule has 0 spiro atoms. The Kier molecular flexibility index (Phi) is 5.88. The zero-order chi connectivity index (χ0) is 11.9. The van der Waals surface area contributed by atoms with E-state index in [-0.39, 0.29) is 0 Å². The monoisotopic (exact) mass is 235 g/mol. The third-order valence-corrected chi connectivity index (χ3v) is 5.26. The van der Waals surface area contributed by atoms with Crippen LogP contribution in [0.1, 0.15) is 84.0 Å².